The molecule has 2 aromatic rings. The van der Waals surface area contributed by atoms with E-state index < -0.39 is 6.10 Å². The minimum Gasteiger partial charge on any atom is -0.475 e. The molecule has 88 valence electrons. The Morgan fingerprint density at radius 2 is 2.41 bits per heavy atom. The first-order chi connectivity index (χ1) is 8.29. The molecule has 0 N–H and O–H groups in total. The molecule has 0 bridgehead atoms. The number of para-hydroxylation sites is 1. The van der Waals surface area contributed by atoms with E-state index in [0.29, 0.717) is 13.2 Å². The third-order valence-electron chi connectivity index (χ3n) is 2.93. The van der Waals surface area contributed by atoms with E-state index in [9.17, 15) is 4.79 Å². The van der Waals surface area contributed by atoms with Crippen molar-refractivity contribution in [3.8, 4) is 5.75 Å². The van der Waals surface area contributed by atoms with Crippen LogP contribution in [0.25, 0.3) is 10.9 Å². The molecule has 0 saturated heterocycles. The smallest absolute Gasteiger partial charge is 0.349 e. The second-order valence-electron chi connectivity index (χ2n) is 4.02. The molecule has 1 aliphatic heterocycles. The van der Waals surface area contributed by atoms with Crippen LogP contribution in [0, 0.1) is 0 Å². The van der Waals surface area contributed by atoms with E-state index in [-0.39, 0.29) is 5.97 Å². The molecule has 3 rings (SSSR count). The average Bonchev–Trinajstić information content (AvgIpc) is 2.75. The maximum atomic E-state index is 11.7. The molecule has 0 fully saturated rings. The average molecular weight is 231 g/mol. The third-order valence-corrected chi connectivity index (χ3v) is 2.93. The van der Waals surface area contributed by atoms with Crippen molar-refractivity contribution in [1.82, 2.24) is 4.57 Å². The second-order valence-corrected chi connectivity index (χ2v) is 4.02. The first kappa shape index (κ1) is 10.2. The summed E-state index contributed by atoms with van der Waals surface area (Å²) in [4.78, 5) is 11.7. The summed E-state index contributed by atoms with van der Waals surface area (Å²) in [6.07, 6.45) is 1.43. The number of esters is 1. The second kappa shape index (κ2) is 3.80. The highest BCUT2D eigenvalue weighted by Crippen LogP contribution is 2.31. The van der Waals surface area contributed by atoms with Crippen LogP contribution in [-0.4, -0.2) is 23.2 Å². The number of rotatable bonds is 2. The lowest BCUT2D eigenvalue weighted by molar-refractivity contribution is -0.152. The molecule has 4 heteroatoms. The van der Waals surface area contributed by atoms with Crippen LogP contribution in [0.1, 0.15) is 6.92 Å². The molecular formula is C13H13NO3. The van der Waals surface area contributed by atoms with Gasteiger partial charge >= 0.3 is 5.97 Å². The number of hydrogen-bond acceptors (Lipinski definition) is 3. The maximum absolute atomic E-state index is 11.7. The van der Waals surface area contributed by atoms with Crippen molar-refractivity contribution in [2.45, 2.75) is 19.6 Å². The molecule has 1 aromatic carbocycles. The SMILES string of the molecule is CCOC(=O)C1Cn2ccc3cccc(c32)O1. The van der Waals surface area contributed by atoms with Crippen LogP contribution in [0.4, 0.5) is 0 Å². The molecule has 4 nitrogen and oxygen atoms in total. The van der Waals surface area contributed by atoms with Crippen LogP contribution >= 0.6 is 0 Å². The first-order valence-corrected chi connectivity index (χ1v) is 5.70. The third kappa shape index (κ3) is 1.56. The highest BCUT2D eigenvalue weighted by molar-refractivity contribution is 5.88. The maximum Gasteiger partial charge on any atom is 0.349 e. The van der Waals surface area contributed by atoms with E-state index in [1.807, 2.05) is 35.0 Å². The summed E-state index contributed by atoms with van der Waals surface area (Å²) in [6.45, 7) is 2.68. The van der Waals surface area contributed by atoms with Crippen LogP contribution < -0.4 is 4.74 Å². The lowest BCUT2D eigenvalue weighted by Gasteiger charge is -2.24. The summed E-state index contributed by atoms with van der Waals surface area (Å²) in [5.41, 5.74) is 1.05. The van der Waals surface area contributed by atoms with Crippen LogP contribution in [0.3, 0.4) is 0 Å². The fourth-order valence-electron chi connectivity index (χ4n) is 2.20. The van der Waals surface area contributed by atoms with Crippen molar-refractivity contribution >= 4 is 16.9 Å². The molecule has 1 aromatic heterocycles. The number of hydrogen-bond donors (Lipinski definition) is 0. The van der Waals surface area contributed by atoms with E-state index in [1.54, 1.807) is 6.92 Å². The number of carbonyl (C=O) groups is 1. The molecule has 0 saturated carbocycles. The predicted molar refractivity (Wildman–Crippen MR) is 63.0 cm³/mol. The first-order valence-electron chi connectivity index (χ1n) is 5.70. The van der Waals surface area contributed by atoms with E-state index in [1.165, 1.54) is 0 Å². The predicted octanol–water partition coefficient (Wildman–Crippen LogP) is 1.97. The molecule has 2 heterocycles. The zero-order valence-electron chi connectivity index (χ0n) is 9.55. The van der Waals surface area contributed by atoms with Gasteiger partial charge in [0.05, 0.1) is 18.7 Å². The van der Waals surface area contributed by atoms with Crippen molar-refractivity contribution < 1.29 is 14.3 Å². The topological polar surface area (TPSA) is 40.5 Å². The van der Waals surface area contributed by atoms with Crippen molar-refractivity contribution in [3.05, 3.63) is 30.5 Å². The Hall–Kier alpha value is -1.97. The normalized spacial score (nSPS) is 17.8. The minimum atomic E-state index is -0.541. The van der Waals surface area contributed by atoms with Crippen molar-refractivity contribution in [2.24, 2.45) is 0 Å². The standard InChI is InChI=1S/C13H13NO3/c1-2-16-13(15)11-8-14-7-6-9-4-3-5-10(17-11)12(9)14/h3-7,11H,2,8H2,1H3. The van der Waals surface area contributed by atoms with Gasteiger partial charge < -0.3 is 14.0 Å². The van der Waals surface area contributed by atoms with Crippen LogP contribution in [0.5, 0.6) is 5.75 Å². The monoisotopic (exact) mass is 231 g/mol. The minimum absolute atomic E-state index is 0.302. The number of benzene rings is 1. The molecule has 0 amide bonds. The highest BCUT2D eigenvalue weighted by atomic mass is 16.6. The number of carbonyl (C=O) groups excluding carboxylic acids is 1. The molecule has 0 spiro atoms. The fourth-order valence-corrected chi connectivity index (χ4v) is 2.20. The Morgan fingerprint density at radius 3 is 3.24 bits per heavy atom. The van der Waals surface area contributed by atoms with Gasteiger partial charge in [0, 0.05) is 11.6 Å². The fraction of sp³-hybridized carbons (Fsp3) is 0.308. The zero-order valence-corrected chi connectivity index (χ0v) is 9.55. The van der Waals surface area contributed by atoms with Crippen molar-refractivity contribution in [2.75, 3.05) is 6.61 Å². The quantitative estimate of drug-likeness (QED) is 0.742. The Morgan fingerprint density at radius 1 is 1.53 bits per heavy atom. The van der Waals surface area contributed by atoms with Gasteiger partial charge in [-0.2, -0.15) is 0 Å². The molecule has 17 heavy (non-hydrogen) atoms. The number of aromatic nitrogens is 1. The lowest BCUT2D eigenvalue weighted by atomic mass is 10.2. The van der Waals surface area contributed by atoms with Gasteiger partial charge in [-0.15, -0.1) is 0 Å². The van der Waals surface area contributed by atoms with Gasteiger partial charge in [0.15, 0.2) is 0 Å². The highest BCUT2D eigenvalue weighted by Gasteiger charge is 2.28. The molecule has 1 atom stereocenters. The Bertz CT molecular complexity index is 573. The van der Waals surface area contributed by atoms with Crippen LogP contribution in [-0.2, 0) is 16.1 Å². The summed E-state index contributed by atoms with van der Waals surface area (Å²) < 4.78 is 12.7. The van der Waals surface area contributed by atoms with E-state index in [0.717, 1.165) is 16.7 Å². The summed E-state index contributed by atoms with van der Waals surface area (Å²) >= 11 is 0. The zero-order chi connectivity index (χ0) is 11.8. The number of nitrogens with zero attached hydrogens (tertiary/aromatic N) is 1. The van der Waals surface area contributed by atoms with Crippen LogP contribution in [0.15, 0.2) is 30.5 Å². The van der Waals surface area contributed by atoms with Crippen molar-refractivity contribution in [3.63, 3.8) is 0 Å². The van der Waals surface area contributed by atoms with Gasteiger partial charge in [0.1, 0.15) is 5.75 Å². The van der Waals surface area contributed by atoms with E-state index in [2.05, 4.69) is 0 Å². The van der Waals surface area contributed by atoms with Gasteiger partial charge in [0.2, 0.25) is 6.10 Å². The van der Waals surface area contributed by atoms with Gasteiger partial charge in [-0.3, -0.25) is 0 Å². The van der Waals surface area contributed by atoms with E-state index >= 15 is 0 Å². The Balaban J connectivity index is 1.98. The molecule has 1 unspecified atom stereocenters. The molecule has 0 aliphatic carbocycles. The van der Waals surface area contributed by atoms with Gasteiger partial charge in [-0.25, -0.2) is 4.79 Å². The lowest BCUT2D eigenvalue weighted by Crippen LogP contribution is -2.36. The van der Waals surface area contributed by atoms with Gasteiger partial charge in [-0.1, -0.05) is 12.1 Å². The largest absolute Gasteiger partial charge is 0.475 e. The Kier molecular flexibility index (Phi) is 2.28. The van der Waals surface area contributed by atoms with Crippen LogP contribution in [0.2, 0.25) is 0 Å². The molecule has 1 aliphatic rings. The summed E-state index contributed by atoms with van der Waals surface area (Å²) in [5, 5.41) is 1.13. The van der Waals surface area contributed by atoms with Gasteiger partial charge in [0.25, 0.3) is 0 Å². The Labute approximate surface area is 98.7 Å². The molecule has 0 radical (unpaired) electrons. The van der Waals surface area contributed by atoms with E-state index in [4.69, 9.17) is 9.47 Å². The number of ether oxygens (including phenoxy) is 2. The summed E-state index contributed by atoms with van der Waals surface area (Å²) in [5.74, 6) is 0.445. The van der Waals surface area contributed by atoms with Gasteiger partial charge in [-0.05, 0) is 19.1 Å². The summed E-state index contributed by atoms with van der Waals surface area (Å²) in [6, 6.07) is 7.86. The van der Waals surface area contributed by atoms with Crippen molar-refractivity contribution in [1.29, 1.82) is 0 Å². The molecular weight excluding hydrogens is 218 g/mol. The summed E-state index contributed by atoms with van der Waals surface area (Å²) in [7, 11) is 0.